The van der Waals surface area contributed by atoms with Crippen molar-refractivity contribution in [3.8, 4) is 0 Å². The molecular formula is C17H20N4O3. The molecule has 0 unspecified atom stereocenters. The lowest BCUT2D eigenvalue weighted by molar-refractivity contribution is 0.0602. The Morgan fingerprint density at radius 2 is 1.75 bits per heavy atom. The van der Waals surface area contributed by atoms with Gasteiger partial charge in [-0.05, 0) is 45.0 Å². The molecule has 0 aliphatic heterocycles. The fraction of sp³-hybridized carbons (Fsp3) is 0.294. The summed E-state index contributed by atoms with van der Waals surface area (Å²) < 4.78 is 4.70. The van der Waals surface area contributed by atoms with Crippen molar-refractivity contribution in [1.82, 2.24) is 10.2 Å². The lowest BCUT2D eigenvalue weighted by Crippen LogP contribution is -2.27. The van der Waals surface area contributed by atoms with Gasteiger partial charge in [0.05, 0.1) is 18.4 Å². The van der Waals surface area contributed by atoms with Gasteiger partial charge in [0.1, 0.15) is 5.82 Å². The van der Waals surface area contributed by atoms with Crippen molar-refractivity contribution in [1.29, 1.82) is 0 Å². The average molecular weight is 328 g/mol. The third-order valence-electron chi connectivity index (χ3n) is 2.98. The van der Waals surface area contributed by atoms with E-state index < -0.39 is 11.9 Å². The van der Waals surface area contributed by atoms with Crippen molar-refractivity contribution in [2.45, 2.75) is 26.3 Å². The van der Waals surface area contributed by atoms with E-state index >= 15 is 0 Å². The predicted octanol–water partition coefficient (Wildman–Crippen LogP) is 2.73. The van der Waals surface area contributed by atoms with Gasteiger partial charge in [-0.3, -0.25) is 4.79 Å². The van der Waals surface area contributed by atoms with Crippen molar-refractivity contribution >= 4 is 23.4 Å². The number of aromatic nitrogens is 2. The molecular weight excluding hydrogens is 308 g/mol. The Kier molecular flexibility index (Phi) is 5.13. The quantitative estimate of drug-likeness (QED) is 0.838. The molecule has 2 rings (SSSR count). The smallest absolute Gasteiger partial charge is 0.339 e. The molecule has 7 heteroatoms. The van der Waals surface area contributed by atoms with Gasteiger partial charge < -0.3 is 15.4 Å². The summed E-state index contributed by atoms with van der Waals surface area (Å²) in [5.74, 6) is -0.406. The number of para-hydroxylation sites is 1. The fourth-order valence-electron chi connectivity index (χ4n) is 1.97. The Morgan fingerprint density at radius 1 is 1.04 bits per heavy atom. The number of ether oxygens (including phenoxy) is 1. The fourth-order valence-corrected chi connectivity index (χ4v) is 1.97. The Bertz CT molecular complexity index is 736. The molecule has 0 atom stereocenters. The number of amides is 1. The van der Waals surface area contributed by atoms with E-state index in [1.807, 2.05) is 20.8 Å². The molecule has 0 aliphatic rings. The summed E-state index contributed by atoms with van der Waals surface area (Å²) in [7, 11) is 1.29. The molecule has 0 fully saturated rings. The number of anilines is 2. The molecule has 0 radical (unpaired) electrons. The molecule has 1 amide bonds. The lowest BCUT2D eigenvalue weighted by Gasteiger charge is -2.20. The van der Waals surface area contributed by atoms with Gasteiger partial charge in [-0.15, -0.1) is 10.2 Å². The molecule has 0 saturated carbocycles. The number of benzene rings is 1. The molecule has 0 bridgehead atoms. The summed E-state index contributed by atoms with van der Waals surface area (Å²) in [6, 6.07) is 9.84. The van der Waals surface area contributed by atoms with E-state index in [9.17, 15) is 9.59 Å². The second-order valence-corrected chi connectivity index (χ2v) is 6.17. The van der Waals surface area contributed by atoms with Crippen LogP contribution >= 0.6 is 0 Å². The van der Waals surface area contributed by atoms with Crippen LogP contribution in [-0.4, -0.2) is 34.7 Å². The zero-order valence-electron chi connectivity index (χ0n) is 14.1. The Balaban J connectivity index is 2.15. The van der Waals surface area contributed by atoms with Crippen LogP contribution in [0.1, 0.15) is 41.6 Å². The van der Waals surface area contributed by atoms with Gasteiger partial charge in [0.25, 0.3) is 5.91 Å². The lowest BCUT2D eigenvalue weighted by atomic mass is 10.1. The van der Waals surface area contributed by atoms with E-state index in [-0.39, 0.29) is 16.8 Å². The van der Waals surface area contributed by atoms with Gasteiger partial charge in [0.2, 0.25) is 0 Å². The van der Waals surface area contributed by atoms with Crippen LogP contribution < -0.4 is 10.6 Å². The highest BCUT2D eigenvalue weighted by atomic mass is 16.5. The molecule has 0 aliphatic carbocycles. The van der Waals surface area contributed by atoms with Crippen LogP contribution in [0.4, 0.5) is 11.5 Å². The van der Waals surface area contributed by atoms with Gasteiger partial charge in [0.15, 0.2) is 5.69 Å². The normalized spacial score (nSPS) is 10.8. The van der Waals surface area contributed by atoms with Crippen LogP contribution in [0.2, 0.25) is 0 Å². The number of esters is 1. The molecule has 126 valence electrons. The molecule has 0 saturated heterocycles. The van der Waals surface area contributed by atoms with E-state index in [1.54, 1.807) is 36.4 Å². The van der Waals surface area contributed by atoms with E-state index in [0.29, 0.717) is 11.5 Å². The van der Waals surface area contributed by atoms with E-state index in [4.69, 9.17) is 4.74 Å². The van der Waals surface area contributed by atoms with Crippen LogP contribution in [0.5, 0.6) is 0 Å². The standard InChI is InChI=1S/C17H20N4O3/c1-17(2,3)19-14-10-9-13(20-21-14)15(22)18-12-8-6-5-7-11(12)16(23)24-4/h5-10H,1-4H3,(H,18,22)(H,19,21). The number of nitrogens with one attached hydrogen (secondary N) is 2. The van der Waals surface area contributed by atoms with E-state index in [0.717, 1.165) is 0 Å². The van der Waals surface area contributed by atoms with Gasteiger partial charge in [0, 0.05) is 5.54 Å². The number of nitrogens with zero attached hydrogens (tertiary/aromatic N) is 2. The molecule has 2 aromatic rings. The largest absolute Gasteiger partial charge is 0.465 e. The molecule has 1 aromatic carbocycles. The average Bonchev–Trinajstić information content (AvgIpc) is 2.53. The van der Waals surface area contributed by atoms with Crippen LogP contribution in [0.3, 0.4) is 0 Å². The second-order valence-electron chi connectivity index (χ2n) is 6.17. The molecule has 1 heterocycles. The maximum Gasteiger partial charge on any atom is 0.339 e. The maximum atomic E-state index is 12.3. The van der Waals surface area contributed by atoms with E-state index in [1.165, 1.54) is 7.11 Å². The van der Waals surface area contributed by atoms with Crippen molar-refractivity contribution < 1.29 is 14.3 Å². The van der Waals surface area contributed by atoms with Crippen LogP contribution in [0.15, 0.2) is 36.4 Å². The minimum Gasteiger partial charge on any atom is -0.465 e. The van der Waals surface area contributed by atoms with E-state index in [2.05, 4.69) is 20.8 Å². The third kappa shape index (κ3) is 4.52. The van der Waals surface area contributed by atoms with Crippen molar-refractivity contribution in [2.75, 3.05) is 17.7 Å². The summed E-state index contributed by atoms with van der Waals surface area (Å²) in [4.78, 5) is 24.0. The first-order valence-electron chi connectivity index (χ1n) is 7.41. The molecule has 1 aromatic heterocycles. The molecule has 0 spiro atoms. The summed E-state index contributed by atoms with van der Waals surface area (Å²) >= 11 is 0. The Labute approximate surface area is 140 Å². The highest BCUT2D eigenvalue weighted by Crippen LogP contribution is 2.17. The van der Waals surface area contributed by atoms with Crippen molar-refractivity contribution in [2.24, 2.45) is 0 Å². The molecule has 7 nitrogen and oxygen atoms in total. The Morgan fingerprint density at radius 3 is 2.33 bits per heavy atom. The van der Waals surface area contributed by atoms with Gasteiger partial charge in [-0.2, -0.15) is 0 Å². The van der Waals surface area contributed by atoms with Crippen LogP contribution in [-0.2, 0) is 4.74 Å². The zero-order chi connectivity index (χ0) is 17.7. The van der Waals surface area contributed by atoms with Gasteiger partial charge >= 0.3 is 5.97 Å². The van der Waals surface area contributed by atoms with Gasteiger partial charge in [-0.1, -0.05) is 12.1 Å². The maximum absolute atomic E-state index is 12.3. The first-order chi connectivity index (χ1) is 11.3. The first kappa shape index (κ1) is 17.4. The number of methoxy groups -OCH3 is 1. The third-order valence-corrected chi connectivity index (χ3v) is 2.98. The monoisotopic (exact) mass is 328 g/mol. The SMILES string of the molecule is COC(=O)c1ccccc1NC(=O)c1ccc(NC(C)(C)C)nn1. The predicted molar refractivity (Wildman–Crippen MR) is 91.1 cm³/mol. The van der Waals surface area contributed by atoms with Crippen LogP contribution in [0, 0.1) is 0 Å². The number of hydrogen-bond acceptors (Lipinski definition) is 6. The second kappa shape index (κ2) is 7.08. The summed E-state index contributed by atoms with van der Waals surface area (Å²) in [5.41, 5.74) is 0.618. The van der Waals surface area contributed by atoms with Crippen molar-refractivity contribution in [3.05, 3.63) is 47.7 Å². The van der Waals surface area contributed by atoms with Gasteiger partial charge in [-0.25, -0.2) is 4.79 Å². The number of rotatable bonds is 4. The summed E-state index contributed by atoms with van der Waals surface area (Å²) in [5, 5.41) is 13.7. The number of carbonyl (C=O) groups excluding carboxylic acids is 2. The summed E-state index contributed by atoms with van der Waals surface area (Å²) in [6.45, 7) is 6.00. The Hall–Kier alpha value is -2.96. The zero-order valence-corrected chi connectivity index (χ0v) is 14.1. The number of carbonyl (C=O) groups is 2. The number of hydrogen-bond donors (Lipinski definition) is 2. The topological polar surface area (TPSA) is 93.2 Å². The minimum atomic E-state index is -0.526. The highest BCUT2D eigenvalue weighted by molar-refractivity contribution is 6.07. The minimum absolute atomic E-state index is 0.147. The van der Waals surface area contributed by atoms with Crippen molar-refractivity contribution in [3.63, 3.8) is 0 Å². The van der Waals surface area contributed by atoms with Crippen LogP contribution in [0.25, 0.3) is 0 Å². The first-order valence-corrected chi connectivity index (χ1v) is 7.41. The summed E-state index contributed by atoms with van der Waals surface area (Å²) in [6.07, 6.45) is 0. The molecule has 24 heavy (non-hydrogen) atoms. The molecule has 2 N–H and O–H groups in total. The highest BCUT2D eigenvalue weighted by Gasteiger charge is 2.16.